The highest BCUT2D eigenvalue weighted by Crippen LogP contribution is 2.34. The zero-order valence-corrected chi connectivity index (χ0v) is 11.1. The molecule has 0 radical (unpaired) electrons. The molecular formula is C13H16FN3O2. The highest BCUT2D eigenvalue weighted by atomic mass is 19.1. The number of nitrogens with zero attached hydrogens (tertiary/aromatic N) is 1. The number of amides is 1. The third-order valence-corrected chi connectivity index (χ3v) is 3.07. The molecule has 1 unspecified atom stereocenters. The van der Waals surface area contributed by atoms with Gasteiger partial charge in [-0.3, -0.25) is 15.1 Å². The monoisotopic (exact) mass is 265 g/mol. The topological polar surface area (TPSA) is 62.7 Å². The van der Waals surface area contributed by atoms with Crippen molar-refractivity contribution in [3.05, 3.63) is 29.6 Å². The number of aliphatic imine (C=N–C) groups is 1. The summed E-state index contributed by atoms with van der Waals surface area (Å²) in [4.78, 5) is 16.2. The fourth-order valence-corrected chi connectivity index (χ4v) is 2.13. The Bertz CT molecular complexity index is 545. The van der Waals surface area contributed by atoms with Crippen molar-refractivity contribution in [2.24, 2.45) is 4.99 Å². The standard InChI is InChI=1S/C13H16FN3O2/c1-4-15-12-16-11(18)13(2,17-12)10-8(14)6-5-7-9(10)19-3/h5-7H,4H2,1-3H3,(H2,15,16,17,18). The van der Waals surface area contributed by atoms with Gasteiger partial charge in [0, 0.05) is 6.54 Å². The lowest BCUT2D eigenvalue weighted by molar-refractivity contribution is -0.123. The number of halogens is 1. The molecule has 1 aromatic carbocycles. The summed E-state index contributed by atoms with van der Waals surface area (Å²) in [6.07, 6.45) is 0. The Morgan fingerprint density at radius 2 is 2.21 bits per heavy atom. The van der Waals surface area contributed by atoms with E-state index in [9.17, 15) is 9.18 Å². The average Bonchev–Trinajstić information content (AvgIpc) is 2.65. The van der Waals surface area contributed by atoms with E-state index < -0.39 is 11.4 Å². The number of nitrogens with one attached hydrogen (secondary N) is 2. The summed E-state index contributed by atoms with van der Waals surface area (Å²) in [7, 11) is 1.44. The van der Waals surface area contributed by atoms with E-state index >= 15 is 0 Å². The van der Waals surface area contributed by atoms with Crippen molar-refractivity contribution >= 4 is 11.9 Å². The molecular weight excluding hydrogens is 249 g/mol. The summed E-state index contributed by atoms with van der Waals surface area (Å²) in [6, 6.07) is 4.45. The van der Waals surface area contributed by atoms with Crippen LogP contribution in [0.5, 0.6) is 5.75 Å². The molecule has 0 bridgehead atoms. The number of hydrogen-bond donors (Lipinski definition) is 2. The molecule has 1 atom stereocenters. The van der Waals surface area contributed by atoms with Gasteiger partial charge < -0.3 is 10.1 Å². The van der Waals surface area contributed by atoms with Crippen molar-refractivity contribution in [3.63, 3.8) is 0 Å². The van der Waals surface area contributed by atoms with Crippen LogP contribution < -0.4 is 15.4 Å². The Hall–Kier alpha value is -2.11. The van der Waals surface area contributed by atoms with Gasteiger partial charge in [0.2, 0.25) is 0 Å². The van der Waals surface area contributed by atoms with Gasteiger partial charge in [-0.2, -0.15) is 0 Å². The molecule has 0 spiro atoms. The summed E-state index contributed by atoms with van der Waals surface area (Å²) >= 11 is 0. The fraction of sp³-hybridized carbons (Fsp3) is 0.385. The molecule has 1 amide bonds. The molecule has 1 aliphatic rings. The molecule has 1 saturated heterocycles. The zero-order chi connectivity index (χ0) is 14.0. The first-order chi connectivity index (χ1) is 9.02. The number of methoxy groups -OCH3 is 1. The number of carbonyl (C=O) groups excluding carboxylic acids is 1. The van der Waals surface area contributed by atoms with Gasteiger partial charge >= 0.3 is 0 Å². The van der Waals surface area contributed by atoms with Gasteiger partial charge in [0.15, 0.2) is 5.96 Å². The van der Waals surface area contributed by atoms with Crippen LogP contribution in [0.3, 0.4) is 0 Å². The van der Waals surface area contributed by atoms with Crippen molar-refractivity contribution in [2.45, 2.75) is 19.4 Å². The molecule has 102 valence electrons. The van der Waals surface area contributed by atoms with Crippen LogP contribution in [-0.4, -0.2) is 25.5 Å². The van der Waals surface area contributed by atoms with E-state index in [1.54, 1.807) is 13.0 Å². The first-order valence-corrected chi connectivity index (χ1v) is 6.00. The second-order valence-corrected chi connectivity index (χ2v) is 4.34. The van der Waals surface area contributed by atoms with Crippen molar-refractivity contribution < 1.29 is 13.9 Å². The van der Waals surface area contributed by atoms with Gasteiger partial charge in [0.1, 0.15) is 17.1 Å². The highest BCUT2D eigenvalue weighted by Gasteiger charge is 2.45. The number of rotatable bonds is 3. The molecule has 1 heterocycles. The minimum atomic E-state index is -1.23. The maximum absolute atomic E-state index is 14.1. The van der Waals surface area contributed by atoms with Crippen LogP contribution in [-0.2, 0) is 10.3 Å². The minimum absolute atomic E-state index is 0.177. The van der Waals surface area contributed by atoms with Gasteiger partial charge in [-0.15, -0.1) is 0 Å². The maximum Gasteiger partial charge on any atom is 0.257 e. The van der Waals surface area contributed by atoms with Crippen LogP contribution in [0.15, 0.2) is 23.2 Å². The van der Waals surface area contributed by atoms with Gasteiger partial charge in [-0.05, 0) is 26.0 Å². The molecule has 6 heteroatoms. The fourth-order valence-electron chi connectivity index (χ4n) is 2.13. The van der Waals surface area contributed by atoms with Gasteiger partial charge in [0.25, 0.3) is 5.91 Å². The van der Waals surface area contributed by atoms with E-state index in [0.717, 1.165) is 0 Å². The van der Waals surface area contributed by atoms with E-state index in [2.05, 4.69) is 15.6 Å². The molecule has 2 N–H and O–H groups in total. The second kappa shape index (κ2) is 4.87. The first-order valence-electron chi connectivity index (χ1n) is 6.00. The lowest BCUT2D eigenvalue weighted by Gasteiger charge is -2.24. The number of hydrogen-bond acceptors (Lipinski definition) is 3. The van der Waals surface area contributed by atoms with Crippen LogP contribution in [0, 0.1) is 5.82 Å². The van der Waals surface area contributed by atoms with Crippen molar-refractivity contribution in [1.82, 2.24) is 10.6 Å². The second-order valence-electron chi connectivity index (χ2n) is 4.34. The third-order valence-electron chi connectivity index (χ3n) is 3.07. The van der Waals surface area contributed by atoms with Crippen LogP contribution in [0.25, 0.3) is 0 Å². The molecule has 2 rings (SSSR count). The van der Waals surface area contributed by atoms with Gasteiger partial charge in [-0.25, -0.2) is 4.39 Å². The largest absolute Gasteiger partial charge is 0.496 e. The third kappa shape index (κ3) is 2.14. The predicted molar refractivity (Wildman–Crippen MR) is 69.6 cm³/mol. The molecule has 1 fully saturated rings. The van der Waals surface area contributed by atoms with Crippen LogP contribution in [0.4, 0.5) is 4.39 Å². The lowest BCUT2D eigenvalue weighted by atomic mass is 9.91. The Morgan fingerprint density at radius 3 is 2.84 bits per heavy atom. The van der Waals surface area contributed by atoms with E-state index in [0.29, 0.717) is 18.3 Å². The lowest BCUT2D eigenvalue weighted by Crippen LogP contribution is -2.41. The molecule has 19 heavy (non-hydrogen) atoms. The Labute approximate surface area is 110 Å². The summed E-state index contributed by atoms with van der Waals surface area (Å²) in [5.41, 5.74) is -1.05. The minimum Gasteiger partial charge on any atom is -0.496 e. The van der Waals surface area contributed by atoms with E-state index in [1.165, 1.54) is 19.2 Å². The maximum atomic E-state index is 14.1. The van der Waals surface area contributed by atoms with Crippen molar-refractivity contribution in [2.75, 3.05) is 13.7 Å². The quantitative estimate of drug-likeness (QED) is 0.861. The molecule has 0 aliphatic carbocycles. The Morgan fingerprint density at radius 1 is 1.47 bits per heavy atom. The molecule has 0 aromatic heterocycles. The van der Waals surface area contributed by atoms with Crippen molar-refractivity contribution in [3.8, 4) is 5.75 Å². The van der Waals surface area contributed by atoms with E-state index in [1.807, 2.05) is 6.92 Å². The van der Waals surface area contributed by atoms with Crippen LogP contribution in [0.1, 0.15) is 19.4 Å². The summed E-state index contributed by atoms with van der Waals surface area (Å²) in [5.74, 6) is -0.187. The average molecular weight is 265 g/mol. The Kier molecular flexibility index (Phi) is 3.42. The van der Waals surface area contributed by atoms with Gasteiger partial charge in [-0.1, -0.05) is 6.07 Å². The smallest absolute Gasteiger partial charge is 0.257 e. The zero-order valence-electron chi connectivity index (χ0n) is 11.1. The molecule has 1 aliphatic heterocycles. The normalized spacial score (nSPS) is 24.2. The van der Waals surface area contributed by atoms with E-state index in [-0.39, 0.29) is 11.5 Å². The predicted octanol–water partition coefficient (Wildman–Crippen LogP) is 1.14. The molecule has 0 saturated carbocycles. The first kappa shape index (κ1) is 13.3. The SMILES string of the molecule is CCN=C1NC(=O)C(C)(c2c(F)cccc2OC)N1. The van der Waals surface area contributed by atoms with Crippen molar-refractivity contribution in [1.29, 1.82) is 0 Å². The summed E-state index contributed by atoms with van der Waals surface area (Å²) in [6.45, 7) is 3.97. The number of carbonyl (C=O) groups is 1. The highest BCUT2D eigenvalue weighted by molar-refractivity contribution is 6.09. The van der Waals surface area contributed by atoms with E-state index in [4.69, 9.17) is 4.74 Å². The number of ether oxygens (including phenoxy) is 1. The summed E-state index contributed by atoms with van der Waals surface area (Å²) < 4.78 is 19.2. The molecule has 1 aromatic rings. The van der Waals surface area contributed by atoms with Gasteiger partial charge in [0.05, 0.1) is 12.7 Å². The number of guanidine groups is 1. The summed E-state index contributed by atoms with van der Waals surface area (Å²) in [5, 5.41) is 5.52. The van der Waals surface area contributed by atoms with Crippen LogP contribution >= 0.6 is 0 Å². The van der Waals surface area contributed by atoms with Crippen LogP contribution in [0.2, 0.25) is 0 Å². The number of benzene rings is 1. The Balaban J connectivity index is 2.52. The molecule has 5 nitrogen and oxygen atoms in total.